The molecule has 0 amide bonds. The summed E-state index contributed by atoms with van der Waals surface area (Å²) in [5, 5.41) is 0. The Morgan fingerprint density at radius 2 is 2.00 bits per heavy atom. The number of benzene rings is 1. The summed E-state index contributed by atoms with van der Waals surface area (Å²) in [7, 11) is 0. The van der Waals surface area contributed by atoms with E-state index in [1.807, 2.05) is 24.3 Å². The van der Waals surface area contributed by atoms with E-state index in [2.05, 4.69) is 11.8 Å². The van der Waals surface area contributed by atoms with E-state index in [4.69, 9.17) is 9.47 Å². The molecular formula is C12H10O3. The van der Waals surface area contributed by atoms with Crippen molar-refractivity contribution in [3.05, 3.63) is 35.4 Å². The van der Waals surface area contributed by atoms with Crippen LogP contribution in [0.15, 0.2) is 24.3 Å². The van der Waals surface area contributed by atoms with Crippen LogP contribution in [0.4, 0.5) is 0 Å². The van der Waals surface area contributed by atoms with Crippen LogP contribution >= 0.6 is 0 Å². The van der Waals surface area contributed by atoms with E-state index in [1.165, 1.54) is 0 Å². The number of carbonyl (C=O) groups excluding carboxylic acids is 1. The molecular weight excluding hydrogens is 192 g/mol. The summed E-state index contributed by atoms with van der Waals surface area (Å²) in [6, 6.07) is 7.50. The van der Waals surface area contributed by atoms with Gasteiger partial charge in [0.25, 0.3) is 0 Å². The molecule has 1 heterocycles. The fourth-order valence-corrected chi connectivity index (χ4v) is 1.46. The fourth-order valence-electron chi connectivity index (χ4n) is 1.46. The largest absolute Gasteiger partial charge is 0.346 e. The van der Waals surface area contributed by atoms with Gasteiger partial charge in [0.05, 0.1) is 13.2 Å². The third-order valence-electron chi connectivity index (χ3n) is 2.10. The highest BCUT2D eigenvalue weighted by molar-refractivity contribution is 5.74. The molecule has 0 atom stereocenters. The van der Waals surface area contributed by atoms with Crippen molar-refractivity contribution in [3.63, 3.8) is 0 Å². The Morgan fingerprint density at radius 3 is 2.73 bits per heavy atom. The monoisotopic (exact) mass is 202 g/mol. The maximum atomic E-state index is 10.2. The van der Waals surface area contributed by atoms with Crippen LogP contribution in [0.2, 0.25) is 0 Å². The summed E-state index contributed by atoms with van der Waals surface area (Å²) in [5.74, 6) is 5.15. The maximum Gasteiger partial charge on any atom is 0.193 e. The molecule has 76 valence electrons. The van der Waals surface area contributed by atoms with Crippen molar-refractivity contribution in [2.45, 2.75) is 6.29 Å². The molecule has 0 saturated carbocycles. The molecule has 0 N–H and O–H groups in total. The molecule has 15 heavy (non-hydrogen) atoms. The SMILES string of the molecule is O=CC#Cc1ccccc1C1OCCO1. The molecule has 0 radical (unpaired) electrons. The molecule has 1 aliphatic rings. The second kappa shape index (κ2) is 4.74. The van der Waals surface area contributed by atoms with Crippen LogP contribution in [0.1, 0.15) is 17.4 Å². The first-order chi connectivity index (χ1) is 7.42. The van der Waals surface area contributed by atoms with Gasteiger partial charge in [-0.1, -0.05) is 24.1 Å². The van der Waals surface area contributed by atoms with Gasteiger partial charge in [0, 0.05) is 11.1 Å². The van der Waals surface area contributed by atoms with Gasteiger partial charge in [-0.2, -0.15) is 0 Å². The van der Waals surface area contributed by atoms with Crippen LogP contribution in [-0.4, -0.2) is 19.5 Å². The van der Waals surface area contributed by atoms with Crippen LogP contribution < -0.4 is 0 Å². The molecule has 0 unspecified atom stereocenters. The molecule has 1 aromatic rings. The molecule has 0 bridgehead atoms. The zero-order valence-corrected chi connectivity index (χ0v) is 8.10. The van der Waals surface area contributed by atoms with Crippen molar-refractivity contribution in [1.29, 1.82) is 0 Å². The minimum absolute atomic E-state index is 0.345. The predicted molar refractivity (Wildman–Crippen MR) is 54.0 cm³/mol. The average molecular weight is 202 g/mol. The zero-order valence-electron chi connectivity index (χ0n) is 8.10. The number of aldehydes is 1. The fraction of sp³-hybridized carbons (Fsp3) is 0.250. The first-order valence-corrected chi connectivity index (χ1v) is 4.69. The molecule has 2 rings (SSSR count). The molecule has 1 aliphatic heterocycles. The minimum atomic E-state index is -0.345. The quantitative estimate of drug-likeness (QED) is 0.508. The van der Waals surface area contributed by atoms with E-state index in [-0.39, 0.29) is 6.29 Å². The highest BCUT2D eigenvalue weighted by atomic mass is 16.7. The van der Waals surface area contributed by atoms with Gasteiger partial charge in [-0.25, -0.2) is 0 Å². The van der Waals surface area contributed by atoms with Crippen LogP contribution in [0.5, 0.6) is 0 Å². The molecule has 0 aliphatic carbocycles. The maximum absolute atomic E-state index is 10.2. The molecule has 0 aromatic heterocycles. The second-order valence-corrected chi connectivity index (χ2v) is 3.05. The first-order valence-electron chi connectivity index (χ1n) is 4.69. The van der Waals surface area contributed by atoms with Crippen LogP contribution in [0, 0.1) is 11.8 Å². The number of ether oxygens (including phenoxy) is 2. The smallest absolute Gasteiger partial charge is 0.193 e. The van der Waals surface area contributed by atoms with Gasteiger partial charge in [-0.05, 0) is 12.0 Å². The highest BCUT2D eigenvalue weighted by Crippen LogP contribution is 2.25. The lowest BCUT2D eigenvalue weighted by atomic mass is 10.1. The van der Waals surface area contributed by atoms with Crippen molar-refractivity contribution < 1.29 is 14.3 Å². The zero-order chi connectivity index (χ0) is 10.5. The second-order valence-electron chi connectivity index (χ2n) is 3.05. The van der Waals surface area contributed by atoms with E-state index in [9.17, 15) is 4.79 Å². The van der Waals surface area contributed by atoms with E-state index in [0.717, 1.165) is 11.1 Å². The number of hydrogen-bond acceptors (Lipinski definition) is 3. The van der Waals surface area contributed by atoms with Crippen LogP contribution in [0.25, 0.3) is 0 Å². The summed E-state index contributed by atoms with van der Waals surface area (Å²) in [5.41, 5.74) is 1.65. The van der Waals surface area contributed by atoms with Crippen molar-refractivity contribution in [2.75, 3.05) is 13.2 Å². The van der Waals surface area contributed by atoms with E-state index in [1.54, 1.807) is 0 Å². The van der Waals surface area contributed by atoms with Crippen molar-refractivity contribution in [2.24, 2.45) is 0 Å². The minimum Gasteiger partial charge on any atom is -0.346 e. The Kier molecular flexibility index (Phi) is 3.13. The predicted octanol–water partition coefficient (Wildman–Crippen LogP) is 1.28. The topological polar surface area (TPSA) is 35.5 Å². The third-order valence-corrected chi connectivity index (χ3v) is 2.10. The highest BCUT2D eigenvalue weighted by Gasteiger charge is 2.20. The molecule has 1 fully saturated rings. The van der Waals surface area contributed by atoms with Gasteiger partial charge in [0.2, 0.25) is 0 Å². The lowest BCUT2D eigenvalue weighted by molar-refractivity contribution is -0.103. The molecule has 0 spiro atoms. The Morgan fingerprint density at radius 1 is 1.27 bits per heavy atom. The van der Waals surface area contributed by atoms with Crippen molar-refractivity contribution in [3.8, 4) is 11.8 Å². The number of rotatable bonds is 1. The van der Waals surface area contributed by atoms with Gasteiger partial charge >= 0.3 is 0 Å². The Bertz CT molecular complexity index is 408. The van der Waals surface area contributed by atoms with Gasteiger partial charge in [-0.3, -0.25) is 4.79 Å². The average Bonchev–Trinajstić information content (AvgIpc) is 2.80. The van der Waals surface area contributed by atoms with Crippen molar-refractivity contribution in [1.82, 2.24) is 0 Å². The molecule has 1 saturated heterocycles. The lowest BCUT2D eigenvalue weighted by Crippen LogP contribution is -2.00. The van der Waals surface area contributed by atoms with Crippen LogP contribution in [0.3, 0.4) is 0 Å². The molecule has 3 nitrogen and oxygen atoms in total. The molecule has 3 heteroatoms. The van der Waals surface area contributed by atoms with E-state index >= 15 is 0 Å². The van der Waals surface area contributed by atoms with Gasteiger partial charge < -0.3 is 9.47 Å². The number of hydrogen-bond donors (Lipinski definition) is 0. The Balaban J connectivity index is 2.32. The summed E-state index contributed by atoms with van der Waals surface area (Å²) < 4.78 is 10.8. The summed E-state index contributed by atoms with van der Waals surface area (Å²) >= 11 is 0. The normalized spacial score (nSPS) is 15.7. The first kappa shape index (κ1) is 9.91. The Labute approximate surface area is 88.0 Å². The molecule has 1 aromatic carbocycles. The summed E-state index contributed by atoms with van der Waals surface area (Å²) in [6.07, 6.45) is 0.231. The van der Waals surface area contributed by atoms with Crippen molar-refractivity contribution >= 4 is 6.29 Å². The van der Waals surface area contributed by atoms with Gasteiger partial charge in [0.15, 0.2) is 12.6 Å². The lowest BCUT2D eigenvalue weighted by Gasteiger charge is -2.10. The standard InChI is InChI=1S/C12H10O3/c13-7-3-5-10-4-1-2-6-11(10)12-14-8-9-15-12/h1-2,4,6-7,12H,8-9H2. The summed E-state index contributed by atoms with van der Waals surface area (Å²) in [6.45, 7) is 1.19. The summed E-state index contributed by atoms with van der Waals surface area (Å²) in [4.78, 5) is 10.2. The van der Waals surface area contributed by atoms with E-state index in [0.29, 0.717) is 19.5 Å². The number of carbonyl (C=O) groups is 1. The Hall–Kier alpha value is -1.63. The third kappa shape index (κ3) is 2.24. The van der Waals surface area contributed by atoms with Gasteiger partial charge in [0.1, 0.15) is 0 Å². The van der Waals surface area contributed by atoms with Crippen LogP contribution in [-0.2, 0) is 14.3 Å². The van der Waals surface area contributed by atoms with E-state index < -0.39 is 0 Å². The van der Waals surface area contributed by atoms with Gasteiger partial charge in [-0.15, -0.1) is 0 Å².